The van der Waals surface area contributed by atoms with E-state index in [1.807, 2.05) is 0 Å². The number of halogens is 1. The second-order valence-electron chi connectivity index (χ2n) is 3.08. The van der Waals surface area contributed by atoms with Crippen LogP contribution in [0.15, 0.2) is 12.7 Å². The van der Waals surface area contributed by atoms with E-state index in [4.69, 9.17) is 16.6 Å². The van der Waals surface area contributed by atoms with Crippen LogP contribution in [0.1, 0.15) is 12.8 Å². The van der Waals surface area contributed by atoms with E-state index < -0.39 is 17.9 Å². The SMILES string of the molecule is C=CC(N)=O.NC(=O)CBr.NCCC[C@H](N)C(=O)O. The highest BCUT2D eigenvalue weighted by atomic mass is 79.9. The van der Waals surface area contributed by atoms with Crippen molar-refractivity contribution in [1.29, 1.82) is 0 Å². The van der Waals surface area contributed by atoms with Crippen LogP contribution in [0, 0.1) is 0 Å². The Kier molecular flexibility index (Phi) is 19.8. The van der Waals surface area contributed by atoms with E-state index in [0.29, 0.717) is 19.4 Å². The van der Waals surface area contributed by atoms with Crippen molar-refractivity contribution in [2.75, 3.05) is 11.9 Å². The van der Waals surface area contributed by atoms with Gasteiger partial charge in [-0.05, 0) is 25.5 Å². The Balaban J connectivity index is -0.000000219. The molecule has 0 heterocycles. The second-order valence-corrected chi connectivity index (χ2v) is 3.64. The largest absolute Gasteiger partial charge is 0.480 e. The molecule has 0 fully saturated rings. The highest BCUT2D eigenvalue weighted by Crippen LogP contribution is 1.91. The van der Waals surface area contributed by atoms with E-state index in [1.165, 1.54) is 0 Å². The quantitative estimate of drug-likeness (QED) is 0.295. The number of primary amides is 2. The Morgan fingerprint density at radius 3 is 1.84 bits per heavy atom. The van der Waals surface area contributed by atoms with Gasteiger partial charge in [0.1, 0.15) is 6.04 Å². The molecule has 0 radical (unpaired) electrons. The van der Waals surface area contributed by atoms with Crippen molar-refractivity contribution in [3.05, 3.63) is 12.7 Å². The molecular formula is C10H21BrN4O4. The van der Waals surface area contributed by atoms with Crippen molar-refractivity contribution in [3.63, 3.8) is 0 Å². The lowest BCUT2D eigenvalue weighted by molar-refractivity contribution is -0.138. The third-order valence-electron chi connectivity index (χ3n) is 1.37. The van der Waals surface area contributed by atoms with Gasteiger partial charge in [-0.25, -0.2) is 0 Å². The Bertz CT molecular complexity index is 287. The van der Waals surface area contributed by atoms with Gasteiger partial charge in [0, 0.05) is 0 Å². The van der Waals surface area contributed by atoms with Crippen LogP contribution in [0.3, 0.4) is 0 Å². The molecule has 112 valence electrons. The third kappa shape index (κ3) is 31.5. The molecule has 0 aromatic carbocycles. The van der Waals surface area contributed by atoms with Gasteiger partial charge < -0.3 is 28.0 Å². The molecule has 0 saturated heterocycles. The molecule has 9 N–H and O–H groups in total. The van der Waals surface area contributed by atoms with Crippen LogP contribution in [0.5, 0.6) is 0 Å². The Labute approximate surface area is 120 Å². The number of carbonyl (C=O) groups is 3. The number of amides is 2. The van der Waals surface area contributed by atoms with Crippen molar-refractivity contribution in [1.82, 2.24) is 0 Å². The second kappa shape index (κ2) is 16.6. The molecule has 0 aromatic rings. The highest BCUT2D eigenvalue weighted by Gasteiger charge is 2.08. The molecule has 0 spiro atoms. The minimum Gasteiger partial charge on any atom is -0.480 e. The maximum Gasteiger partial charge on any atom is 0.320 e. The van der Waals surface area contributed by atoms with Gasteiger partial charge in [0.15, 0.2) is 0 Å². The van der Waals surface area contributed by atoms with Gasteiger partial charge in [-0.15, -0.1) is 0 Å². The van der Waals surface area contributed by atoms with Crippen LogP contribution < -0.4 is 22.9 Å². The van der Waals surface area contributed by atoms with Gasteiger partial charge in [-0.2, -0.15) is 0 Å². The summed E-state index contributed by atoms with van der Waals surface area (Å²) >= 11 is 2.84. The first kappa shape index (κ1) is 22.7. The number of carboxylic acid groups (broad SMARTS) is 1. The molecule has 0 saturated carbocycles. The monoisotopic (exact) mass is 340 g/mol. The lowest BCUT2D eigenvalue weighted by Gasteiger charge is -2.02. The smallest absolute Gasteiger partial charge is 0.320 e. The lowest BCUT2D eigenvalue weighted by atomic mass is 10.2. The molecule has 0 rings (SSSR count). The van der Waals surface area contributed by atoms with Crippen molar-refractivity contribution in [2.45, 2.75) is 18.9 Å². The Morgan fingerprint density at radius 1 is 1.32 bits per heavy atom. The fraction of sp³-hybridized carbons (Fsp3) is 0.500. The first-order valence-corrected chi connectivity index (χ1v) is 6.29. The average molecular weight is 341 g/mol. The van der Waals surface area contributed by atoms with E-state index in [9.17, 15) is 14.4 Å². The number of carboxylic acids is 1. The van der Waals surface area contributed by atoms with E-state index >= 15 is 0 Å². The molecule has 1 atom stereocenters. The zero-order chi connectivity index (χ0) is 15.8. The maximum atomic E-state index is 10.0. The summed E-state index contributed by atoms with van der Waals surface area (Å²) in [7, 11) is 0. The van der Waals surface area contributed by atoms with Crippen molar-refractivity contribution in [2.24, 2.45) is 22.9 Å². The summed E-state index contributed by atoms with van der Waals surface area (Å²) < 4.78 is 0. The zero-order valence-corrected chi connectivity index (χ0v) is 12.1. The zero-order valence-electron chi connectivity index (χ0n) is 10.5. The highest BCUT2D eigenvalue weighted by molar-refractivity contribution is 9.09. The number of hydrogen-bond donors (Lipinski definition) is 5. The van der Waals surface area contributed by atoms with Crippen LogP contribution >= 0.6 is 15.9 Å². The fourth-order valence-corrected chi connectivity index (χ4v) is 0.461. The molecule has 8 nitrogen and oxygen atoms in total. The van der Waals surface area contributed by atoms with Gasteiger partial charge in [-0.3, -0.25) is 14.4 Å². The minimum absolute atomic E-state index is 0.257. The molecule has 0 aromatic heterocycles. The van der Waals surface area contributed by atoms with Crippen LogP contribution in [-0.4, -0.2) is 40.8 Å². The predicted molar refractivity (Wildman–Crippen MR) is 76.3 cm³/mol. The number of nitrogens with two attached hydrogens (primary N) is 4. The minimum atomic E-state index is -0.955. The first-order chi connectivity index (χ1) is 8.72. The van der Waals surface area contributed by atoms with E-state index in [0.717, 1.165) is 6.08 Å². The maximum absolute atomic E-state index is 10.0. The van der Waals surface area contributed by atoms with E-state index in [1.54, 1.807) is 0 Å². The van der Waals surface area contributed by atoms with Gasteiger partial charge >= 0.3 is 5.97 Å². The summed E-state index contributed by atoms with van der Waals surface area (Å²) in [5.41, 5.74) is 19.4. The third-order valence-corrected chi connectivity index (χ3v) is 1.92. The van der Waals surface area contributed by atoms with Gasteiger partial charge in [0.2, 0.25) is 11.8 Å². The normalized spacial score (nSPS) is 9.84. The summed E-state index contributed by atoms with van der Waals surface area (Å²) in [6.07, 6.45) is 2.19. The van der Waals surface area contributed by atoms with Crippen molar-refractivity contribution < 1.29 is 19.5 Å². The van der Waals surface area contributed by atoms with Crippen molar-refractivity contribution in [3.8, 4) is 0 Å². The Hall–Kier alpha value is -1.45. The van der Waals surface area contributed by atoms with Gasteiger partial charge in [-0.1, -0.05) is 22.5 Å². The topological polar surface area (TPSA) is 176 Å². The van der Waals surface area contributed by atoms with Crippen molar-refractivity contribution >= 4 is 33.7 Å². The lowest BCUT2D eigenvalue weighted by Crippen LogP contribution is -2.30. The number of hydrogen-bond acceptors (Lipinski definition) is 5. The number of carbonyl (C=O) groups excluding carboxylic acids is 2. The molecule has 9 heteroatoms. The van der Waals surface area contributed by atoms with Crippen LogP contribution in [0.4, 0.5) is 0 Å². The standard InChI is InChI=1S/C5H12N2O2.C3H5NO.C2H4BrNO/c6-3-1-2-4(7)5(8)9;1-2-3(4)5;3-1-2(4)5/h4H,1-3,6-7H2,(H,8,9);2H,1H2,(H2,4,5);1H2,(H2,4,5)/t4-;;/m0../s1. The van der Waals surface area contributed by atoms with Gasteiger partial charge in [0.25, 0.3) is 0 Å². The average Bonchev–Trinajstić information content (AvgIpc) is 2.36. The first-order valence-electron chi connectivity index (χ1n) is 5.17. The summed E-state index contributed by atoms with van der Waals surface area (Å²) in [5.74, 6) is -1.77. The molecule has 2 amide bonds. The number of alkyl halides is 1. The molecule has 0 aliphatic heterocycles. The molecule has 0 aliphatic rings. The van der Waals surface area contributed by atoms with E-state index in [2.05, 4.69) is 34.0 Å². The summed E-state index contributed by atoms with van der Waals surface area (Å²) in [6, 6.07) is -0.742. The summed E-state index contributed by atoms with van der Waals surface area (Å²) in [4.78, 5) is 29.1. The number of aliphatic carboxylic acids is 1. The van der Waals surface area contributed by atoms with Crippen LogP contribution in [-0.2, 0) is 14.4 Å². The molecule has 0 bridgehead atoms. The fourth-order valence-electron chi connectivity index (χ4n) is 0.461. The summed E-state index contributed by atoms with van der Waals surface area (Å²) in [5, 5.41) is 8.50. The molecular weight excluding hydrogens is 320 g/mol. The molecule has 0 aliphatic carbocycles. The number of rotatable bonds is 6. The Morgan fingerprint density at radius 2 is 1.68 bits per heavy atom. The van der Waals surface area contributed by atoms with Crippen LogP contribution in [0.2, 0.25) is 0 Å². The van der Waals surface area contributed by atoms with E-state index in [-0.39, 0.29) is 11.2 Å². The van der Waals surface area contributed by atoms with Crippen LogP contribution in [0.25, 0.3) is 0 Å². The van der Waals surface area contributed by atoms with Gasteiger partial charge in [0.05, 0.1) is 5.33 Å². The predicted octanol–water partition coefficient (Wildman–Crippen LogP) is -1.34. The molecule has 0 unspecified atom stereocenters. The molecule has 19 heavy (non-hydrogen) atoms. The summed E-state index contributed by atoms with van der Waals surface area (Å²) in [6.45, 7) is 3.59.